The van der Waals surface area contributed by atoms with Gasteiger partial charge in [0.2, 0.25) is 5.91 Å². The Kier molecular flexibility index (Phi) is 2.95. The predicted molar refractivity (Wildman–Crippen MR) is 50.1 cm³/mol. The van der Waals surface area contributed by atoms with Gasteiger partial charge in [-0.3, -0.25) is 4.79 Å². The summed E-state index contributed by atoms with van der Waals surface area (Å²) in [6.07, 6.45) is 0.457. The van der Waals surface area contributed by atoms with Crippen LogP contribution in [0.25, 0.3) is 0 Å². The minimum absolute atomic E-state index is 0.0440. The van der Waals surface area contributed by atoms with E-state index in [1.807, 2.05) is 0 Å². The van der Waals surface area contributed by atoms with E-state index < -0.39 is 9.84 Å². The Morgan fingerprint density at radius 3 is 2.31 bits per heavy atom. The van der Waals surface area contributed by atoms with Crippen molar-refractivity contribution in [2.75, 3.05) is 18.8 Å². The summed E-state index contributed by atoms with van der Waals surface area (Å²) < 4.78 is 22.6. The predicted octanol–water partition coefficient (Wildman–Crippen LogP) is 0.0419. The number of nitrogens with zero attached hydrogens (tertiary/aromatic N) is 1. The molecule has 0 aromatic heterocycles. The van der Waals surface area contributed by atoms with Gasteiger partial charge in [-0.1, -0.05) is 13.8 Å². The van der Waals surface area contributed by atoms with Crippen molar-refractivity contribution in [1.29, 1.82) is 0 Å². The van der Waals surface area contributed by atoms with Crippen LogP contribution in [0, 0.1) is 0 Å². The summed E-state index contributed by atoms with van der Waals surface area (Å²) in [5, 5.41) is -0.312. The first kappa shape index (κ1) is 10.5. The normalized spacial score (nSPS) is 18.5. The highest BCUT2D eigenvalue weighted by molar-refractivity contribution is 7.92. The molecule has 0 aromatic carbocycles. The van der Waals surface area contributed by atoms with Crippen molar-refractivity contribution < 1.29 is 13.2 Å². The van der Waals surface area contributed by atoms with Crippen molar-refractivity contribution in [1.82, 2.24) is 4.90 Å². The SMILES string of the molecule is CCC(=O)N1CC(S(=O)(=O)CC)C1. The fraction of sp³-hybridized carbons (Fsp3) is 0.875. The van der Waals surface area contributed by atoms with Gasteiger partial charge in [0.05, 0.1) is 5.25 Å². The number of hydrogen-bond acceptors (Lipinski definition) is 3. The van der Waals surface area contributed by atoms with Crippen molar-refractivity contribution in [2.24, 2.45) is 0 Å². The Labute approximate surface area is 78.8 Å². The summed E-state index contributed by atoms with van der Waals surface area (Å²) in [4.78, 5) is 12.7. The van der Waals surface area contributed by atoms with E-state index in [0.717, 1.165) is 0 Å². The average molecular weight is 205 g/mol. The molecule has 5 heteroatoms. The van der Waals surface area contributed by atoms with E-state index in [1.54, 1.807) is 18.7 Å². The van der Waals surface area contributed by atoms with Crippen LogP contribution in [0.3, 0.4) is 0 Å². The third-order valence-electron chi connectivity index (χ3n) is 2.41. The monoisotopic (exact) mass is 205 g/mol. The highest BCUT2D eigenvalue weighted by Crippen LogP contribution is 2.17. The molecule has 1 amide bonds. The molecule has 0 spiro atoms. The maximum atomic E-state index is 11.3. The van der Waals surface area contributed by atoms with Crippen LogP contribution in [0.4, 0.5) is 0 Å². The Hall–Kier alpha value is -0.580. The van der Waals surface area contributed by atoms with Gasteiger partial charge in [0.25, 0.3) is 0 Å². The van der Waals surface area contributed by atoms with E-state index in [2.05, 4.69) is 0 Å². The van der Waals surface area contributed by atoms with Crippen LogP contribution in [-0.2, 0) is 14.6 Å². The lowest BCUT2D eigenvalue weighted by molar-refractivity contribution is -0.133. The topological polar surface area (TPSA) is 54.5 Å². The lowest BCUT2D eigenvalue weighted by atomic mass is 10.2. The third-order valence-corrected chi connectivity index (χ3v) is 4.53. The molecule has 0 radical (unpaired) electrons. The maximum absolute atomic E-state index is 11.3. The molecular formula is C8H15NO3S. The van der Waals surface area contributed by atoms with Gasteiger partial charge >= 0.3 is 0 Å². The van der Waals surface area contributed by atoms with Crippen LogP contribution in [0.5, 0.6) is 0 Å². The second kappa shape index (κ2) is 3.65. The number of hydrogen-bond donors (Lipinski definition) is 0. The molecule has 4 nitrogen and oxygen atoms in total. The quantitative estimate of drug-likeness (QED) is 0.654. The van der Waals surface area contributed by atoms with Gasteiger partial charge < -0.3 is 4.90 Å². The molecule has 1 saturated heterocycles. The van der Waals surface area contributed by atoms with E-state index >= 15 is 0 Å². The van der Waals surface area contributed by atoms with Gasteiger partial charge in [-0.05, 0) is 0 Å². The van der Waals surface area contributed by atoms with E-state index in [0.29, 0.717) is 19.5 Å². The molecule has 0 unspecified atom stereocenters. The number of amides is 1. The number of sulfone groups is 1. The molecule has 13 heavy (non-hydrogen) atoms. The third kappa shape index (κ3) is 2.02. The Balaban J connectivity index is 2.47. The minimum Gasteiger partial charge on any atom is -0.340 e. The summed E-state index contributed by atoms with van der Waals surface area (Å²) in [6, 6.07) is 0. The van der Waals surface area contributed by atoms with Gasteiger partial charge in [0, 0.05) is 25.3 Å². The molecule has 1 heterocycles. The average Bonchev–Trinajstić information content (AvgIpc) is 2.01. The summed E-state index contributed by atoms with van der Waals surface area (Å²) in [5.41, 5.74) is 0. The summed E-state index contributed by atoms with van der Waals surface area (Å²) in [6.45, 7) is 4.20. The molecule has 0 N–H and O–H groups in total. The zero-order valence-corrected chi connectivity index (χ0v) is 8.80. The lowest BCUT2D eigenvalue weighted by Crippen LogP contribution is -2.57. The second-order valence-corrected chi connectivity index (χ2v) is 5.80. The summed E-state index contributed by atoms with van der Waals surface area (Å²) in [7, 11) is -2.93. The minimum atomic E-state index is -2.93. The number of rotatable bonds is 3. The van der Waals surface area contributed by atoms with Crippen molar-refractivity contribution in [2.45, 2.75) is 25.5 Å². The van der Waals surface area contributed by atoms with Gasteiger partial charge in [-0.25, -0.2) is 8.42 Å². The standard InChI is InChI=1S/C8H15NO3S/c1-3-8(10)9-5-7(6-9)13(11,12)4-2/h7H,3-6H2,1-2H3. The second-order valence-electron chi connectivity index (χ2n) is 3.23. The van der Waals surface area contributed by atoms with Crippen LogP contribution < -0.4 is 0 Å². The highest BCUT2D eigenvalue weighted by Gasteiger charge is 2.37. The van der Waals surface area contributed by atoms with Crippen LogP contribution >= 0.6 is 0 Å². The number of likely N-dealkylation sites (tertiary alicyclic amines) is 1. The summed E-state index contributed by atoms with van der Waals surface area (Å²) in [5.74, 6) is 0.216. The van der Waals surface area contributed by atoms with E-state index in [4.69, 9.17) is 0 Å². The number of carbonyl (C=O) groups excluding carboxylic acids is 1. The molecule has 1 aliphatic heterocycles. The summed E-state index contributed by atoms with van der Waals surface area (Å²) >= 11 is 0. The first-order valence-corrected chi connectivity index (χ1v) is 6.22. The van der Waals surface area contributed by atoms with Crippen LogP contribution in [0.1, 0.15) is 20.3 Å². The van der Waals surface area contributed by atoms with Gasteiger partial charge in [0.15, 0.2) is 9.84 Å². The van der Waals surface area contributed by atoms with Crippen LogP contribution in [-0.4, -0.2) is 43.3 Å². The Bertz CT molecular complexity index is 291. The van der Waals surface area contributed by atoms with Gasteiger partial charge in [0.1, 0.15) is 0 Å². The first-order valence-electron chi connectivity index (χ1n) is 4.50. The molecule has 1 fully saturated rings. The fourth-order valence-electron chi connectivity index (χ4n) is 1.33. The largest absolute Gasteiger partial charge is 0.340 e. The fourth-order valence-corrected chi connectivity index (χ4v) is 2.61. The van der Waals surface area contributed by atoms with E-state index in [1.165, 1.54) is 0 Å². The van der Waals surface area contributed by atoms with Gasteiger partial charge in [-0.15, -0.1) is 0 Å². The molecular weight excluding hydrogens is 190 g/mol. The van der Waals surface area contributed by atoms with Crippen molar-refractivity contribution in [3.05, 3.63) is 0 Å². The molecule has 1 rings (SSSR count). The molecule has 0 bridgehead atoms. The Morgan fingerprint density at radius 2 is 1.92 bits per heavy atom. The smallest absolute Gasteiger partial charge is 0.222 e. The molecule has 1 aliphatic rings. The zero-order chi connectivity index (χ0) is 10.1. The van der Waals surface area contributed by atoms with Crippen LogP contribution in [0.2, 0.25) is 0 Å². The van der Waals surface area contributed by atoms with Crippen molar-refractivity contribution >= 4 is 15.7 Å². The Morgan fingerprint density at radius 1 is 1.38 bits per heavy atom. The van der Waals surface area contributed by atoms with E-state index in [9.17, 15) is 13.2 Å². The molecule has 0 saturated carbocycles. The first-order chi connectivity index (χ1) is 6.01. The highest BCUT2D eigenvalue weighted by atomic mass is 32.2. The molecule has 76 valence electrons. The van der Waals surface area contributed by atoms with Gasteiger partial charge in [-0.2, -0.15) is 0 Å². The molecule has 0 aliphatic carbocycles. The zero-order valence-electron chi connectivity index (χ0n) is 7.99. The van der Waals surface area contributed by atoms with Crippen LogP contribution in [0.15, 0.2) is 0 Å². The van der Waals surface area contributed by atoms with E-state index in [-0.39, 0.29) is 16.9 Å². The molecule has 0 atom stereocenters. The number of carbonyl (C=O) groups is 1. The molecule has 0 aromatic rings. The lowest BCUT2D eigenvalue weighted by Gasteiger charge is -2.38. The van der Waals surface area contributed by atoms with Crippen molar-refractivity contribution in [3.63, 3.8) is 0 Å². The van der Waals surface area contributed by atoms with Crippen molar-refractivity contribution in [3.8, 4) is 0 Å². The maximum Gasteiger partial charge on any atom is 0.222 e.